The summed E-state index contributed by atoms with van der Waals surface area (Å²) >= 11 is 0. The standard InChI is InChI=1S/C25H22N4O2/c1-15(2)17-8-10-23(31-3)21(12-17)18-7-9-20-22(13-18)28-29-24(20)27-25(30)19-6-4-5-16(11-19)14-26/h4-13,15H,1-3H3,(H2,27,28,29,30). The summed E-state index contributed by atoms with van der Waals surface area (Å²) in [5.74, 6) is 1.33. The molecular formula is C25H22N4O2. The van der Waals surface area contributed by atoms with Crippen LogP contribution in [-0.2, 0) is 0 Å². The van der Waals surface area contributed by atoms with Crippen molar-refractivity contribution in [1.29, 1.82) is 5.26 Å². The lowest BCUT2D eigenvalue weighted by Crippen LogP contribution is -2.12. The van der Waals surface area contributed by atoms with Gasteiger partial charge in [-0.1, -0.05) is 32.0 Å². The van der Waals surface area contributed by atoms with E-state index in [0.29, 0.717) is 22.9 Å². The molecule has 1 heterocycles. The first kappa shape index (κ1) is 20.2. The second kappa shape index (κ2) is 8.33. The summed E-state index contributed by atoms with van der Waals surface area (Å²) in [6.07, 6.45) is 0. The first-order valence-electron chi connectivity index (χ1n) is 9.98. The number of carbonyl (C=O) groups is 1. The van der Waals surface area contributed by atoms with E-state index in [1.54, 1.807) is 31.4 Å². The number of hydrogen-bond donors (Lipinski definition) is 2. The van der Waals surface area contributed by atoms with Gasteiger partial charge in [0.05, 0.1) is 24.3 Å². The third-order valence-electron chi connectivity index (χ3n) is 5.25. The van der Waals surface area contributed by atoms with Gasteiger partial charge < -0.3 is 10.1 Å². The summed E-state index contributed by atoms with van der Waals surface area (Å²) in [5.41, 5.74) is 4.87. The Kier molecular flexibility index (Phi) is 5.42. The topological polar surface area (TPSA) is 90.8 Å². The molecule has 0 saturated heterocycles. The van der Waals surface area contributed by atoms with Gasteiger partial charge in [-0.25, -0.2) is 0 Å². The normalized spacial score (nSPS) is 10.8. The van der Waals surface area contributed by atoms with Gasteiger partial charge >= 0.3 is 0 Å². The molecule has 31 heavy (non-hydrogen) atoms. The smallest absolute Gasteiger partial charge is 0.256 e. The molecule has 4 aromatic rings. The van der Waals surface area contributed by atoms with Crippen molar-refractivity contribution in [3.8, 4) is 22.9 Å². The molecule has 0 saturated carbocycles. The van der Waals surface area contributed by atoms with Crippen LogP contribution in [0.1, 0.15) is 41.3 Å². The van der Waals surface area contributed by atoms with E-state index in [0.717, 1.165) is 27.8 Å². The highest BCUT2D eigenvalue weighted by atomic mass is 16.5. The molecule has 4 rings (SSSR count). The average molecular weight is 410 g/mol. The number of benzene rings is 3. The largest absolute Gasteiger partial charge is 0.496 e. The molecule has 0 atom stereocenters. The van der Waals surface area contributed by atoms with Crippen molar-refractivity contribution in [2.75, 3.05) is 12.4 Å². The first-order valence-corrected chi connectivity index (χ1v) is 9.98. The number of methoxy groups -OCH3 is 1. The SMILES string of the molecule is COc1ccc(C(C)C)cc1-c1ccc2c(NC(=O)c3cccc(C#N)c3)n[nH]c2c1. The number of carbonyl (C=O) groups excluding carboxylic acids is 1. The summed E-state index contributed by atoms with van der Waals surface area (Å²) in [5, 5.41) is 19.9. The van der Waals surface area contributed by atoms with Crippen molar-refractivity contribution in [2.24, 2.45) is 0 Å². The maximum Gasteiger partial charge on any atom is 0.256 e. The van der Waals surface area contributed by atoms with E-state index in [1.165, 1.54) is 5.56 Å². The molecule has 0 spiro atoms. The number of rotatable bonds is 5. The quantitative estimate of drug-likeness (QED) is 0.455. The molecule has 1 amide bonds. The highest BCUT2D eigenvalue weighted by Crippen LogP contribution is 2.35. The van der Waals surface area contributed by atoms with E-state index < -0.39 is 0 Å². The number of H-pyrrole nitrogens is 1. The lowest BCUT2D eigenvalue weighted by molar-refractivity contribution is 0.102. The van der Waals surface area contributed by atoms with Crippen molar-refractivity contribution in [3.05, 3.63) is 77.4 Å². The van der Waals surface area contributed by atoms with E-state index >= 15 is 0 Å². The number of aromatic amines is 1. The summed E-state index contributed by atoms with van der Waals surface area (Å²) in [6, 6.07) is 20.7. The minimum absolute atomic E-state index is 0.319. The zero-order valence-corrected chi connectivity index (χ0v) is 17.6. The fourth-order valence-electron chi connectivity index (χ4n) is 3.50. The van der Waals surface area contributed by atoms with Crippen LogP contribution in [0.5, 0.6) is 5.75 Å². The van der Waals surface area contributed by atoms with Crippen LogP contribution in [-0.4, -0.2) is 23.2 Å². The molecule has 0 bridgehead atoms. The van der Waals surface area contributed by atoms with Gasteiger partial charge in [-0.3, -0.25) is 9.89 Å². The van der Waals surface area contributed by atoms with E-state index in [4.69, 9.17) is 10.00 Å². The number of fused-ring (bicyclic) bond motifs is 1. The fourth-order valence-corrected chi connectivity index (χ4v) is 3.50. The Morgan fingerprint density at radius 2 is 1.97 bits per heavy atom. The van der Waals surface area contributed by atoms with Crippen LogP contribution in [0, 0.1) is 11.3 Å². The number of amides is 1. The number of nitrogens with one attached hydrogen (secondary N) is 2. The molecule has 0 aliphatic rings. The molecule has 2 N–H and O–H groups in total. The molecule has 0 radical (unpaired) electrons. The molecule has 0 aliphatic heterocycles. The average Bonchev–Trinajstić information content (AvgIpc) is 3.20. The van der Waals surface area contributed by atoms with Gasteiger partial charge in [0.2, 0.25) is 0 Å². The van der Waals surface area contributed by atoms with Crippen LogP contribution in [0.25, 0.3) is 22.0 Å². The van der Waals surface area contributed by atoms with Gasteiger partial charge in [-0.15, -0.1) is 0 Å². The summed E-state index contributed by atoms with van der Waals surface area (Å²) in [6.45, 7) is 4.32. The Labute approximate surface area is 180 Å². The van der Waals surface area contributed by atoms with Gasteiger partial charge in [0.25, 0.3) is 5.91 Å². The van der Waals surface area contributed by atoms with E-state index in [2.05, 4.69) is 41.5 Å². The number of nitriles is 1. The van der Waals surface area contributed by atoms with E-state index in [9.17, 15) is 4.79 Å². The Balaban J connectivity index is 1.67. The zero-order valence-electron chi connectivity index (χ0n) is 17.6. The van der Waals surface area contributed by atoms with Crippen molar-refractivity contribution in [3.63, 3.8) is 0 Å². The first-order chi connectivity index (χ1) is 15.0. The maximum absolute atomic E-state index is 12.6. The van der Waals surface area contributed by atoms with Crippen molar-refractivity contribution >= 4 is 22.6 Å². The third-order valence-corrected chi connectivity index (χ3v) is 5.25. The van der Waals surface area contributed by atoms with E-state index in [1.807, 2.05) is 30.3 Å². The number of hydrogen-bond acceptors (Lipinski definition) is 4. The Morgan fingerprint density at radius 1 is 1.13 bits per heavy atom. The van der Waals surface area contributed by atoms with Gasteiger partial charge in [-0.2, -0.15) is 10.4 Å². The molecule has 3 aromatic carbocycles. The second-order valence-electron chi connectivity index (χ2n) is 7.59. The minimum atomic E-state index is -0.319. The Hall–Kier alpha value is -4.11. The molecule has 6 nitrogen and oxygen atoms in total. The molecule has 0 unspecified atom stereocenters. The van der Waals surface area contributed by atoms with Crippen LogP contribution >= 0.6 is 0 Å². The minimum Gasteiger partial charge on any atom is -0.496 e. The zero-order chi connectivity index (χ0) is 22.0. The predicted molar refractivity (Wildman–Crippen MR) is 121 cm³/mol. The predicted octanol–water partition coefficient (Wildman–Crippen LogP) is 5.49. The molecular weight excluding hydrogens is 388 g/mol. The molecule has 154 valence electrons. The van der Waals surface area contributed by atoms with Crippen LogP contribution < -0.4 is 10.1 Å². The Morgan fingerprint density at radius 3 is 2.71 bits per heavy atom. The van der Waals surface area contributed by atoms with Crippen molar-refractivity contribution < 1.29 is 9.53 Å². The highest BCUT2D eigenvalue weighted by Gasteiger charge is 2.14. The molecule has 1 aromatic heterocycles. The van der Waals surface area contributed by atoms with Gasteiger partial charge in [0, 0.05) is 16.5 Å². The number of ether oxygens (including phenoxy) is 1. The lowest BCUT2D eigenvalue weighted by Gasteiger charge is -2.13. The maximum atomic E-state index is 12.6. The summed E-state index contributed by atoms with van der Waals surface area (Å²) < 4.78 is 5.57. The number of anilines is 1. The molecule has 0 aliphatic carbocycles. The van der Waals surface area contributed by atoms with Crippen LogP contribution in [0.3, 0.4) is 0 Å². The van der Waals surface area contributed by atoms with Crippen molar-refractivity contribution in [1.82, 2.24) is 10.2 Å². The third kappa shape index (κ3) is 3.99. The lowest BCUT2D eigenvalue weighted by atomic mass is 9.96. The highest BCUT2D eigenvalue weighted by molar-refractivity contribution is 6.08. The number of aromatic nitrogens is 2. The fraction of sp³-hybridized carbons (Fsp3) is 0.160. The van der Waals surface area contributed by atoms with Crippen molar-refractivity contribution in [2.45, 2.75) is 19.8 Å². The van der Waals surface area contributed by atoms with Gasteiger partial charge in [0.1, 0.15) is 5.75 Å². The number of nitrogens with zero attached hydrogens (tertiary/aromatic N) is 2. The molecule has 6 heteroatoms. The van der Waals surface area contributed by atoms with Crippen LogP contribution in [0.15, 0.2) is 60.7 Å². The summed E-state index contributed by atoms with van der Waals surface area (Å²) in [7, 11) is 1.66. The second-order valence-corrected chi connectivity index (χ2v) is 7.59. The van der Waals surface area contributed by atoms with E-state index in [-0.39, 0.29) is 5.91 Å². The van der Waals surface area contributed by atoms with Crippen LogP contribution in [0.2, 0.25) is 0 Å². The van der Waals surface area contributed by atoms with Crippen LogP contribution in [0.4, 0.5) is 5.82 Å². The van der Waals surface area contributed by atoms with Gasteiger partial charge in [0.15, 0.2) is 5.82 Å². The monoisotopic (exact) mass is 410 g/mol. The summed E-state index contributed by atoms with van der Waals surface area (Å²) in [4.78, 5) is 12.6. The molecule has 0 fully saturated rings. The van der Waals surface area contributed by atoms with Gasteiger partial charge in [-0.05, 0) is 59.5 Å². The Bertz CT molecular complexity index is 1310.